The summed E-state index contributed by atoms with van der Waals surface area (Å²) >= 11 is 0. The van der Waals surface area contributed by atoms with Crippen LogP contribution in [0, 0.1) is 0 Å². The fourth-order valence-corrected chi connectivity index (χ4v) is 3.78. The Morgan fingerprint density at radius 1 is 1.26 bits per heavy atom. The van der Waals surface area contributed by atoms with Crippen LogP contribution in [0.5, 0.6) is 0 Å². The first-order chi connectivity index (χ1) is 9.29. The quantitative estimate of drug-likeness (QED) is 0.899. The molecule has 2 aliphatic rings. The van der Waals surface area contributed by atoms with Crippen molar-refractivity contribution < 1.29 is 0 Å². The average Bonchev–Trinajstić information content (AvgIpc) is 2.88. The summed E-state index contributed by atoms with van der Waals surface area (Å²) < 4.78 is 0. The Bertz CT molecular complexity index is 406. The van der Waals surface area contributed by atoms with Crippen molar-refractivity contribution in [2.45, 2.75) is 37.9 Å². The summed E-state index contributed by atoms with van der Waals surface area (Å²) in [7, 11) is 0. The number of hydrogen-bond donors (Lipinski definition) is 1. The summed E-state index contributed by atoms with van der Waals surface area (Å²) in [5.41, 5.74) is 7.44. The molecule has 0 spiro atoms. The van der Waals surface area contributed by atoms with E-state index in [4.69, 9.17) is 5.73 Å². The highest BCUT2D eigenvalue weighted by Crippen LogP contribution is 2.30. The molecule has 2 fully saturated rings. The Morgan fingerprint density at radius 3 is 2.79 bits per heavy atom. The molecule has 3 rings (SSSR count). The second-order valence-electron chi connectivity index (χ2n) is 6.00. The van der Waals surface area contributed by atoms with Gasteiger partial charge in [-0.3, -0.25) is 9.80 Å². The number of benzene rings is 1. The molecule has 3 atom stereocenters. The van der Waals surface area contributed by atoms with E-state index in [1.54, 1.807) is 0 Å². The van der Waals surface area contributed by atoms with Gasteiger partial charge in [-0.25, -0.2) is 0 Å². The van der Waals surface area contributed by atoms with Crippen LogP contribution in [-0.4, -0.2) is 48.1 Å². The van der Waals surface area contributed by atoms with Crippen LogP contribution in [0.4, 0.5) is 0 Å². The molecule has 19 heavy (non-hydrogen) atoms. The Labute approximate surface area is 116 Å². The third-order valence-corrected chi connectivity index (χ3v) is 4.79. The van der Waals surface area contributed by atoms with E-state index in [-0.39, 0.29) is 0 Å². The maximum atomic E-state index is 6.08. The first-order valence-electron chi connectivity index (χ1n) is 7.54. The van der Waals surface area contributed by atoms with Crippen molar-refractivity contribution in [2.75, 3.05) is 26.2 Å². The van der Waals surface area contributed by atoms with E-state index < -0.39 is 0 Å². The molecule has 0 aromatic heterocycles. The molecule has 0 amide bonds. The highest BCUT2D eigenvalue weighted by molar-refractivity contribution is 5.20. The normalized spacial score (nSPS) is 30.2. The predicted molar refractivity (Wildman–Crippen MR) is 79.0 cm³/mol. The van der Waals surface area contributed by atoms with Gasteiger partial charge in [0.05, 0.1) is 0 Å². The molecule has 2 heterocycles. The Hall–Kier alpha value is -0.900. The Balaban J connectivity index is 1.79. The Kier molecular flexibility index (Phi) is 3.87. The van der Waals surface area contributed by atoms with Crippen LogP contribution in [0.1, 0.15) is 31.4 Å². The van der Waals surface area contributed by atoms with Crippen molar-refractivity contribution in [3.8, 4) is 0 Å². The summed E-state index contributed by atoms with van der Waals surface area (Å²) in [6.45, 7) is 6.73. The van der Waals surface area contributed by atoms with Crippen LogP contribution in [0.25, 0.3) is 0 Å². The third-order valence-electron chi connectivity index (χ3n) is 4.79. The minimum Gasteiger partial charge on any atom is -0.329 e. The van der Waals surface area contributed by atoms with E-state index in [0.717, 1.165) is 6.04 Å². The minimum atomic E-state index is 0.374. The summed E-state index contributed by atoms with van der Waals surface area (Å²) in [6.07, 6.45) is 2.72. The largest absolute Gasteiger partial charge is 0.329 e. The standard InChI is InChI=1S/C16H25N3/c1-13-11-18-9-5-8-15(18)12-19(13)16(10-17)14-6-3-2-4-7-14/h2-4,6-7,13,15-16H,5,8-12,17H2,1H3. The smallest absolute Gasteiger partial charge is 0.0474 e. The zero-order valence-corrected chi connectivity index (χ0v) is 11.8. The minimum absolute atomic E-state index is 0.374. The van der Waals surface area contributed by atoms with E-state index in [1.807, 2.05) is 0 Å². The lowest BCUT2D eigenvalue weighted by Crippen LogP contribution is -2.56. The van der Waals surface area contributed by atoms with E-state index >= 15 is 0 Å². The number of hydrogen-bond acceptors (Lipinski definition) is 3. The lowest BCUT2D eigenvalue weighted by Gasteiger charge is -2.46. The molecule has 3 heteroatoms. The van der Waals surface area contributed by atoms with E-state index in [9.17, 15) is 0 Å². The van der Waals surface area contributed by atoms with Gasteiger partial charge >= 0.3 is 0 Å². The molecule has 0 saturated carbocycles. The predicted octanol–water partition coefficient (Wildman–Crippen LogP) is 1.85. The van der Waals surface area contributed by atoms with Crippen LogP contribution in [0.3, 0.4) is 0 Å². The van der Waals surface area contributed by atoms with Crippen molar-refractivity contribution in [2.24, 2.45) is 5.73 Å². The highest BCUT2D eigenvalue weighted by atomic mass is 15.3. The number of nitrogens with zero attached hydrogens (tertiary/aromatic N) is 2. The zero-order valence-electron chi connectivity index (χ0n) is 11.8. The van der Waals surface area contributed by atoms with Crippen LogP contribution in [0.15, 0.2) is 30.3 Å². The van der Waals surface area contributed by atoms with Gasteiger partial charge in [0.15, 0.2) is 0 Å². The first-order valence-corrected chi connectivity index (χ1v) is 7.54. The topological polar surface area (TPSA) is 32.5 Å². The average molecular weight is 259 g/mol. The van der Waals surface area contributed by atoms with Crippen molar-refractivity contribution in [1.29, 1.82) is 0 Å². The maximum Gasteiger partial charge on any atom is 0.0474 e. The van der Waals surface area contributed by atoms with Crippen molar-refractivity contribution in [3.05, 3.63) is 35.9 Å². The van der Waals surface area contributed by atoms with Gasteiger partial charge in [-0.05, 0) is 31.9 Å². The van der Waals surface area contributed by atoms with Gasteiger partial charge in [0.1, 0.15) is 0 Å². The monoisotopic (exact) mass is 259 g/mol. The van der Waals surface area contributed by atoms with Gasteiger partial charge in [0.2, 0.25) is 0 Å². The summed E-state index contributed by atoms with van der Waals surface area (Å²) in [4.78, 5) is 5.29. The zero-order chi connectivity index (χ0) is 13.2. The third kappa shape index (κ3) is 2.55. The van der Waals surface area contributed by atoms with Crippen molar-refractivity contribution >= 4 is 0 Å². The fraction of sp³-hybridized carbons (Fsp3) is 0.625. The molecule has 3 nitrogen and oxygen atoms in total. The summed E-state index contributed by atoms with van der Waals surface area (Å²) in [5.74, 6) is 0. The van der Waals surface area contributed by atoms with E-state index in [0.29, 0.717) is 18.6 Å². The Morgan fingerprint density at radius 2 is 2.05 bits per heavy atom. The van der Waals surface area contributed by atoms with Gasteiger partial charge in [0, 0.05) is 37.8 Å². The van der Waals surface area contributed by atoms with E-state index in [1.165, 1.54) is 38.0 Å². The van der Waals surface area contributed by atoms with Gasteiger partial charge < -0.3 is 5.73 Å². The van der Waals surface area contributed by atoms with E-state index in [2.05, 4.69) is 47.1 Å². The van der Waals surface area contributed by atoms with Gasteiger partial charge in [-0.15, -0.1) is 0 Å². The lowest BCUT2D eigenvalue weighted by atomic mass is 9.99. The lowest BCUT2D eigenvalue weighted by molar-refractivity contribution is 0.0296. The molecule has 0 radical (unpaired) electrons. The van der Waals surface area contributed by atoms with Crippen LogP contribution in [0.2, 0.25) is 0 Å². The molecule has 0 bridgehead atoms. The first kappa shape index (κ1) is 13.1. The van der Waals surface area contributed by atoms with Crippen LogP contribution >= 0.6 is 0 Å². The molecule has 1 aromatic rings. The SMILES string of the molecule is CC1CN2CCCC2CN1C(CN)c1ccccc1. The molecule has 0 aliphatic carbocycles. The van der Waals surface area contributed by atoms with Gasteiger partial charge in [0.25, 0.3) is 0 Å². The molecule has 1 aromatic carbocycles. The maximum absolute atomic E-state index is 6.08. The van der Waals surface area contributed by atoms with Gasteiger partial charge in [-0.2, -0.15) is 0 Å². The molecule has 2 saturated heterocycles. The second-order valence-corrected chi connectivity index (χ2v) is 6.00. The fourth-order valence-electron chi connectivity index (χ4n) is 3.78. The molecular weight excluding hydrogens is 234 g/mol. The molecule has 2 aliphatic heterocycles. The highest BCUT2D eigenvalue weighted by Gasteiger charge is 2.37. The second kappa shape index (κ2) is 5.61. The molecule has 3 unspecified atom stereocenters. The van der Waals surface area contributed by atoms with Crippen molar-refractivity contribution in [1.82, 2.24) is 9.80 Å². The summed E-state index contributed by atoms with van der Waals surface area (Å²) in [6, 6.07) is 12.5. The summed E-state index contributed by atoms with van der Waals surface area (Å²) in [5, 5.41) is 0. The molecule has 104 valence electrons. The van der Waals surface area contributed by atoms with Crippen molar-refractivity contribution in [3.63, 3.8) is 0 Å². The number of piperazine rings is 1. The number of nitrogens with two attached hydrogens (primary N) is 1. The number of rotatable bonds is 3. The van der Waals surface area contributed by atoms with Crippen LogP contribution < -0.4 is 5.73 Å². The van der Waals surface area contributed by atoms with Gasteiger partial charge in [-0.1, -0.05) is 30.3 Å². The van der Waals surface area contributed by atoms with Crippen LogP contribution in [-0.2, 0) is 0 Å². The number of fused-ring (bicyclic) bond motifs is 1. The molecule has 2 N–H and O–H groups in total. The molecular formula is C16H25N3.